The van der Waals surface area contributed by atoms with E-state index in [2.05, 4.69) is 38.1 Å². The van der Waals surface area contributed by atoms with E-state index in [9.17, 15) is 9.59 Å². The molecular formula is C42H54N2O6S2. The molecule has 2 unspecified atom stereocenters. The summed E-state index contributed by atoms with van der Waals surface area (Å²) < 4.78 is 22.4. The molecule has 2 aromatic carbocycles. The third-order valence-corrected chi connectivity index (χ3v) is 11.1. The van der Waals surface area contributed by atoms with Crippen LogP contribution in [-0.2, 0) is 31.9 Å². The molecule has 0 radical (unpaired) electrons. The Morgan fingerprint density at radius 2 is 1.00 bits per heavy atom. The Hall–Kier alpha value is -3.96. The molecule has 4 N–H and O–H groups in total. The van der Waals surface area contributed by atoms with Gasteiger partial charge in [0.2, 0.25) is 0 Å². The fourth-order valence-corrected chi connectivity index (χ4v) is 7.65. The van der Waals surface area contributed by atoms with E-state index in [0.29, 0.717) is 26.1 Å². The zero-order valence-electron chi connectivity index (χ0n) is 30.9. The smallest absolute Gasteiger partial charge is 0.331 e. The summed E-state index contributed by atoms with van der Waals surface area (Å²) in [4.78, 5) is 29.3. The van der Waals surface area contributed by atoms with E-state index in [1.165, 1.54) is 20.9 Å². The van der Waals surface area contributed by atoms with E-state index in [-0.39, 0.29) is 37.1 Å². The van der Waals surface area contributed by atoms with E-state index in [1.54, 1.807) is 22.7 Å². The maximum atomic E-state index is 12.3. The summed E-state index contributed by atoms with van der Waals surface area (Å²) in [5.74, 6) is 0.708. The predicted molar refractivity (Wildman–Crippen MR) is 211 cm³/mol. The molecule has 10 heteroatoms. The average molecular weight is 747 g/mol. The van der Waals surface area contributed by atoms with Gasteiger partial charge in [-0.25, -0.2) is 9.59 Å². The lowest BCUT2D eigenvalue weighted by Crippen LogP contribution is -2.18. The summed E-state index contributed by atoms with van der Waals surface area (Å²) in [6.45, 7) is 9.85. The quantitative estimate of drug-likeness (QED) is 0.0465. The van der Waals surface area contributed by atoms with Crippen molar-refractivity contribution in [3.05, 3.63) is 116 Å². The highest BCUT2D eigenvalue weighted by Crippen LogP contribution is 2.29. The van der Waals surface area contributed by atoms with Gasteiger partial charge >= 0.3 is 11.9 Å². The molecule has 280 valence electrons. The van der Waals surface area contributed by atoms with Crippen molar-refractivity contribution >= 4 is 34.6 Å². The lowest BCUT2D eigenvalue weighted by Gasteiger charge is -2.16. The molecule has 0 aliphatic carbocycles. The standard InChI is InChI=1S/C42H54N2O6S2/c1-29-9-13-33(14-10-29)47-23-5-7-35-17-19-39(51-35)37(43)25-31(3)27-49-41(45)21-22-42(46)50-28-32(4)26-38(44)40-20-18-36(52-40)8-6-24-48-34-15-11-30(2)12-16-34/h9-22,31-32,37-38H,5-8,23-28,43-44H2,1-4H3/b22-21-/t31-,32-,37?,38?/m1/s1. The van der Waals surface area contributed by atoms with Crippen molar-refractivity contribution in [3.63, 3.8) is 0 Å². The molecule has 0 aliphatic rings. The van der Waals surface area contributed by atoms with Gasteiger partial charge in [0, 0.05) is 43.7 Å². The van der Waals surface area contributed by atoms with Crippen LogP contribution in [0.3, 0.4) is 0 Å². The van der Waals surface area contributed by atoms with Crippen LogP contribution in [-0.4, -0.2) is 38.4 Å². The van der Waals surface area contributed by atoms with Crippen molar-refractivity contribution in [1.82, 2.24) is 0 Å². The van der Waals surface area contributed by atoms with Gasteiger partial charge in [0.15, 0.2) is 0 Å². The Bertz CT molecular complexity index is 1560. The summed E-state index contributed by atoms with van der Waals surface area (Å²) >= 11 is 3.44. The van der Waals surface area contributed by atoms with Gasteiger partial charge in [-0.1, -0.05) is 49.2 Å². The molecule has 2 aromatic heterocycles. The van der Waals surface area contributed by atoms with Gasteiger partial charge < -0.3 is 30.4 Å². The second-order valence-corrected chi connectivity index (χ2v) is 16.0. The van der Waals surface area contributed by atoms with Crippen LogP contribution in [0.5, 0.6) is 11.5 Å². The van der Waals surface area contributed by atoms with Crippen LogP contribution in [0, 0.1) is 25.7 Å². The minimum atomic E-state index is -0.589. The van der Waals surface area contributed by atoms with Gasteiger partial charge in [0.05, 0.1) is 26.4 Å². The normalized spacial score (nSPS) is 13.7. The van der Waals surface area contributed by atoms with Gasteiger partial charge in [0.25, 0.3) is 0 Å². The Morgan fingerprint density at radius 3 is 1.38 bits per heavy atom. The first-order chi connectivity index (χ1) is 25.0. The minimum absolute atomic E-state index is 0.0512. The van der Waals surface area contributed by atoms with E-state index in [1.807, 2.05) is 62.4 Å². The molecule has 0 bridgehead atoms. The topological polar surface area (TPSA) is 123 Å². The minimum Gasteiger partial charge on any atom is -0.494 e. The number of carbonyl (C=O) groups excluding carboxylic acids is 2. The van der Waals surface area contributed by atoms with Crippen molar-refractivity contribution in [2.45, 2.75) is 78.3 Å². The average Bonchev–Trinajstić information content (AvgIpc) is 3.81. The number of ether oxygens (including phenoxy) is 4. The van der Waals surface area contributed by atoms with E-state index >= 15 is 0 Å². The summed E-state index contributed by atoms with van der Waals surface area (Å²) in [5, 5.41) is 0. The summed E-state index contributed by atoms with van der Waals surface area (Å²) in [6.07, 6.45) is 7.27. The molecule has 2 heterocycles. The van der Waals surface area contributed by atoms with Gasteiger partial charge in [-0.15, -0.1) is 22.7 Å². The summed E-state index contributed by atoms with van der Waals surface area (Å²) in [7, 11) is 0. The molecule has 0 amide bonds. The van der Waals surface area contributed by atoms with Crippen LogP contribution in [0.15, 0.2) is 84.9 Å². The molecule has 0 fully saturated rings. The SMILES string of the molecule is Cc1ccc(OCCCc2ccc(C(N)C[C@@H](C)COC(=O)/C=C\C(=O)OC[C@H](C)CC(N)c3ccc(CCCOc4ccc(C)cc4)s3)s2)cc1. The lowest BCUT2D eigenvalue weighted by molar-refractivity contribution is -0.141. The second kappa shape index (κ2) is 21.5. The number of carbonyl (C=O) groups is 2. The lowest BCUT2D eigenvalue weighted by atomic mass is 10.0. The van der Waals surface area contributed by atoms with Crippen molar-refractivity contribution in [2.24, 2.45) is 23.3 Å². The Balaban J connectivity index is 1.05. The maximum Gasteiger partial charge on any atom is 0.331 e. The first-order valence-electron chi connectivity index (χ1n) is 18.1. The first kappa shape index (κ1) is 40.8. The van der Waals surface area contributed by atoms with Gasteiger partial charge in [-0.05, 0) is 113 Å². The van der Waals surface area contributed by atoms with Crippen molar-refractivity contribution in [1.29, 1.82) is 0 Å². The van der Waals surface area contributed by atoms with Crippen LogP contribution in [0.4, 0.5) is 0 Å². The Kier molecular flexibility index (Phi) is 16.9. The molecule has 0 spiro atoms. The summed E-state index contributed by atoms with van der Waals surface area (Å²) in [5.41, 5.74) is 15.4. The van der Waals surface area contributed by atoms with E-state index in [4.69, 9.17) is 30.4 Å². The zero-order chi connectivity index (χ0) is 37.3. The van der Waals surface area contributed by atoms with Crippen LogP contribution in [0.2, 0.25) is 0 Å². The number of nitrogens with two attached hydrogens (primary N) is 2. The highest BCUT2D eigenvalue weighted by molar-refractivity contribution is 7.12. The number of benzene rings is 2. The first-order valence-corrected chi connectivity index (χ1v) is 19.8. The van der Waals surface area contributed by atoms with Crippen LogP contribution in [0.25, 0.3) is 0 Å². The van der Waals surface area contributed by atoms with Gasteiger partial charge in [-0.2, -0.15) is 0 Å². The molecule has 0 saturated heterocycles. The highest BCUT2D eigenvalue weighted by Gasteiger charge is 2.17. The number of hydrogen-bond acceptors (Lipinski definition) is 10. The zero-order valence-corrected chi connectivity index (χ0v) is 32.5. The van der Waals surface area contributed by atoms with Crippen LogP contribution >= 0.6 is 22.7 Å². The van der Waals surface area contributed by atoms with Crippen LogP contribution < -0.4 is 20.9 Å². The molecule has 4 atom stereocenters. The number of thiophene rings is 2. The monoisotopic (exact) mass is 746 g/mol. The number of hydrogen-bond donors (Lipinski definition) is 2. The summed E-state index contributed by atoms with van der Waals surface area (Å²) in [6, 6.07) is 24.3. The molecule has 8 nitrogen and oxygen atoms in total. The Labute approximate surface area is 317 Å². The largest absolute Gasteiger partial charge is 0.494 e. The third kappa shape index (κ3) is 14.9. The molecular weight excluding hydrogens is 693 g/mol. The fraction of sp³-hybridized carbons (Fsp3) is 0.429. The second-order valence-electron chi connectivity index (χ2n) is 13.6. The number of esters is 2. The van der Waals surface area contributed by atoms with Gasteiger partial charge in [0.1, 0.15) is 11.5 Å². The molecule has 0 aliphatic heterocycles. The van der Waals surface area contributed by atoms with E-state index in [0.717, 1.165) is 59.1 Å². The molecule has 0 saturated carbocycles. The predicted octanol–water partition coefficient (Wildman–Crippen LogP) is 8.84. The van der Waals surface area contributed by atoms with Crippen molar-refractivity contribution in [2.75, 3.05) is 26.4 Å². The molecule has 4 rings (SSSR count). The third-order valence-electron chi connectivity index (χ3n) is 8.50. The van der Waals surface area contributed by atoms with E-state index < -0.39 is 11.9 Å². The van der Waals surface area contributed by atoms with Gasteiger partial charge in [-0.3, -0.25) is 0 Å². The molecule has 52 heavy (non-hydrogen) atoms. The fourth-order valence-electron chi connectivity index (χ4n) is 5.51. The number of aryl methyl sites for hydroxylation is 4. The highest BCUT2D eigenvalue weighted by atomic mass is 32.1. The Morgan fingerprint density at radius 1 is 0.615 bits per heavy atom. The molecule has 4 aromatic rings. The number of rotatable bonds is 22. The van der Waals surface area contributed by atoms with Crippen molar-refractivity contribution in [3.8, 4) is 11.5 Å². The maximum absolute atomic E-state index is 12.3. The van der Waals surface area contributed by atoms with Crippen molar-refractivity contribution < 1.29 is 28.5 Å². The van der Waals surface area contributed by atoms with Crippen LogP contribution in [0.1, 0.15) is 82.2 Å².